The van der Waals surface area contributed by atoms with Crippen LogP contribution in [0.5, 0.6) is 0 Å². The zero-order chi connectivity index (χ0) is 11.8. The van der Waals surface area contributed by atoms with Gasteiger partial charge in [0.1, 0.15) is 5.41 Å². The number of thiazole rings is 1. The van der Waals surface area contributed by atoms with Crippen molar-refractivity contribution in [3.05, 3.63) is 10.6 Å². The Bertz CT molecular complexity index is 449. The summed E-state index contributed by atoms with van der Waals surface area (Å²) in [5, 5.41) is 12.4. The molecule has 0 unspecified atom stereocenters. The van der Waals surface area contributed by atoms with Crippen molar-refractivity contribution in [3.8, 4) is 6.07 Å². The van der Waals surface area contributed by atoms with Crippen LogP contribution in [0.1, 0.15) is 29.8 Å². The van der Waals surface area contributed by atoms with Crippen LogP contribution in [0, 0.1) is 30.6 Å². The van der Waals surface area contributed by atoms with Gasteiger partial charge < -0.3 is 5.32 Å². The fourth-order valence-corrected chi connectivity index (χ4v) is 2.47. The number of hydrogen-bond donors (Lipinski definition) is 1. The van der Waals surface area contributed by atoms with E-state index in [9.17, 15) is 4.79 Å². The molecule has 0 spiro atoms. The minimum atomic E-state index is -0.798. The first-order valence-electron chi connectivity index (χ1n) is 5.24. The monoisotopic (exact) mass is 235 g/mol. The van der Waals surface area contributed by atoms with Crippen molar-refractivity contribution >= 4 is 22.4 Å². The van der Waals surface area contributed by atoms with E-state index in [0.717, 1.165) is 17.0 Å². The van der Waals surface area contributed by atoms with Gasteiger partial charge in [-0.15, -0.1) is 11.3 Å². The number of nitrogens with zero attached hydrogens (tertiary/aromatic N) is 2. The third-order valence-corrected chi connectivity index (χ3v) is 4.09. The molecule has 1 aromatic rings. The molecule has 1 aromatic heterocycles. The lowest BCUT2D eigenvalue weighted by molar-refractivity contribution is -0.126. The molecule has 0 aliphatic heterocycles. The van der Waals surface area contributed by atoms with Crippen LogP contribution in [0.4, 0.5) is 5.13 Å². The summed E-state index contributed by atoms with van der Waals surface area (Å²) < 4.78 is 0. The maximum atomic E-state index is 11.9. The maximum Gasteiger partial charge on any atom is 0.246 e. The van der Waals surface area contributed by atoms with Gasteiger partial charge in [0.25, 0.3) is 0 Å². The average molecular weight is 235 g/mol. The van der Waals surface area contributed by atoms with Crippen molar-refractivity contribution in [3.63, 3.8) is 0 Å². The molecule has 16 heavy (non-hydrogen) atoms. The molecule has 0 atom stereocenters. The molecule has 1 heterocycles. The highest BCUT2D eigenvalue weighted by molar-refractivity contribution is 7.15. The highest BCUT2D eigenvalue weighted by Crippen LogP contribution is 2.41. The van der Waals surface area contributed by atoms with Gasteiger partial charge in [-0.05, 0) is 33.1 Å². The zero-order valence-electron chi connectivity index (χ0n) is 9.33. The first-order valence-corrected chi connectivity index (χ1v) is 6.06. The van der Waals surface area contributed by atoms with Crippen LogP contribution >= 0.6 is 11.3 Å². The summed E-state index contributed by atoms with van der Waals surface area (Å²) in [7, 11) is 0. The number of nitrogens with one attached hydrogen (secondary N) is 1. The van der Waals surface area contributed by atoms with Gasteiger partial charge >= 0.3 is 0 Å². The van der Waals surface area contributed by atoms with Crippen molar-refractivity contribution < 1.29 is 4.79 Å². The van der Waals surface area contributed by atoms with Crippen LogP contribution in [0.2, 0.25) is 0 Å². The summed E-state index contributed by atoms with van der Waals surface area (Å²) in [5.41, 5.74) is 0.132. The SMILES string of the molecule is Cc1nc(NC(=O)C2(C#N)CCC2)sc1C. The lowest BCUT2D eigenvalue weighted by Crippen LogP contribution is -2.40. The van der Waals surface area contributed by atoms with E-state index in [4.69, 9.17) is 5.26 Å². The van der Waals surface area contributed by atoms with Crippen LogP contribution in [-0.2, 0) is 4.79 Å². The fraction of sp³-hybridized carbons (Fsp3) is 0.545. The first kappa shape index (κ1) is 11.1. The third kappa shape index (κ3) is 1.69. The van der Waals surface area contributed by atoms with E-state index >= 15 is 0 Å². The summed E-state index contributed by atoms with van der Waals surface area (Å²) in [4.78, 5) is 17.2. The Balaban J connectivity index is 2.11. The molecule has 4 nitrogen and oxygen atoms in total. The predicted molar refractivity (Wildman–Crippen MR) is 62.1 cm³/mol. The quantitative estimate of drug-likeness (QED) is 0.856. The number of rotatable bonds is 2. The summed E-state index contributed by atoms with van der Waals surface area (Å²) in [5.74, 6) is -0.199. The fourth-order valence-electron chi connectivity index (χ4n) is 1.66. The molecule has 84 valence electrons. The van der Waals surface area contributed by atoms with Crippen molar-refractivity contribution in [1.82, 2.24) is 4.98 Å². The molecule has 0 saturated heterocycles. The molecule has 0 bridgehead atoms. The van der Waals surface area contributed by atoms with Crippen LogP contribution in [0.15, 0.2) is 0 Å². The Hall–Kier alpha value is -1.41. The van der Waals surface area contributed by atoms with Crippen molar-refractivity contribution in [2.75, 3.05) is 5.32 Å². The van der Waals surface area contributed by atoms with Crippen LogP contribution < -0.4 is 5.32 Å². The zero-order valence-corrected chi connectivity index (χ0v) is 10.1. The second kappa shape index (κ2) is 3.87. The number of aryl methyl sites for hydroxylation is 2. The normalized spacial score (nSPS) is 17.3. The number of hydrogen-bond acceptors (Lipinski definition) is 4. The summed E-state index contributed by atoms with van der Waals surface area (Å²) in [6.45, 7) is 3.87. The second-order valence-corrected chi connectivity index (χ2v) is 5.37. The molecular weight excluding hydrogens is 222 g/mol. The van der Waals surface area contributed by atoms with Crippen molar-refractivity contribution in [2.24, 2.45) is 5.41 Å². The minimum absolute atomic E-state index is 0.199. The number of carbonyl (C=O) groups is 1. The van der Waals surface area contributed by atoms with Gasteiger partial charge in [-0.25, -0.2) is 4.98 Å². The van der Waals surface area contributed by atoms with Gasteiger partial charge in [0.2, 0.25) is 5.91 Å². The predicted octanol–water partition coefficient (Wildman–Crippen LogP) is 2.39. The number of aromatic nitrogens is 1. The summed E-state index contributed by atoms with van der Waals surface area (Å²) in [6.07, 6.45) is 2.29. The highest BCUT2D eigenvalue weighted by Gasteiger charge is 2.44. The van der Waals surface area contributed by atoms with Gasteiger partial charge in [0.05, 0.1) is 11.8 Å². The van der Waals surface area contributed by atoms with E-state index in [1.54, 1.807) is 0 Å². The van der Waals surface area contributed by atoms with Gasteiger partial charge in [0, 0.05) is 4.88 Å². The van der Waals surface area contributed by atoms with Gasteiger partial charge in [-0.1, -0.05) is 0 Å². The molecule has 0 aromatic carbocycles. The smallest absolute Gasteiger partial charge is 0.246 e. The van der Waals surface area contributed by atoms with E-state index in [-0.39, 0.29) is 5.91 Å². The van der Waals surface area contributed by atoms with Gasteiger partial charge in [-0.2, -0.15) is 5.26 Å². The molecule has 1 aliphatic rings. The molecule has 2 rings (SSSR count). The number of nitriles is 1. The Labute approximate surface area is 98.3 Å². The second-order valence-electron chi connectivity index (χ2n) is 4.16. The summed E-state index contributed by atoms with van der Waals surface area (Å²) in [6, 6.07) is 2.12. The van der Waals surface area contributed by atoms with E-state index in [0.29, 0.717) is 18.0 Å². The van der Waals surface area contributed by atoms with E-state index in [1.165, 1.54) is 11.3 Å². The first-order chi connectivity index (χ1) is 7.57. The molecular formula is C11H13N3OS. The number of amides is 1. The molecule has 1 fully saturated rings. The van der Waals surface area contributed by atoms with E-state index in [2.05, 4.69) is 16.4 Å². The molecule has 1 N–H and O–H groups in total. The average Bonchev–Trinajstić information content (AvgIpc) is 2.44. The van der Waals surface area contributed by atoms with E-state index < -0.39 is 5.41 Å². The summed E-state index contributed by atoms with van der Waals surface area (Å²) >= 11 is 1.45. The molecule has 1 aliphatic carbocycles. The standard InChI is InChI=1S/C11H13N3OS/c1-7-8(2)16-10(13-7)14-9(15)11(6-12)4-3-5-11/h3-5H2,1-2H3,(H,13,14,15). The molecule has 1 saturated carbocycles. The van der Waals surface area contributed by atoms with Crippen molar-refractivity contribution in [1.29, 1.82) is 5.26 Å². The lowest BCUT2D eigenvalue weighted by Gasteiger charge is -2.32. The van der Waals surface area contributed by atoms with E-state index in [1.807, 2.05) is 13.8 Å². The highest BCUT2D eigenvalue weighted by atomic mass is 32.1. The van der Waals surface area contributed by atoms with Gasteiger partial charge in [0.15, 0.2) is 5.13 Å². The Kier molecular flexibility index (Phi) is 2.68. The Morgan fingerprint density at radius 1 is 1.56 bits per heavy atom. The van der Waals surface area contributed by atoms with Crippen LogP contribution in [0.3, 0.4) is 0 Å². The number of carbonyl (C=O) groups excluding carboxylic acids is 1. The molecule has 5 heteroatoms. The van der Waals surface area contributed by atoms with Crippen molar-refractivity contribution in [2.45, 2.75) is 33.1 Å². The topological polar surface area (TPSA) is 65.8 Å². The third-order valence-electron chi connectivity index (χ3n) is 3.10. The number of anilines is 1. The lowest BCUT2D eigenvalue weighted by atomic mass is 9.69. The maximum absolute atomic E-state index is 11.9. The Morgan fingerprint density at radius 3 is 2.62 bits per heavy atom. The van der Waals surface area contributed by atoms with Crippen LogP contribution in [-0.4, -0.2) is 10.9 Å². The molecule has 0 radical (unpaired) electrons. The van der Waals surface area contributed by atoms with Gasteiger partial charge in [-0.3, -0.25) is 4.79 Å². The molecule has 1 amide bonds. The Morgan fingerprint density at radius 2 is 2.25 bits per heavy atom. The largest absolute Gasteiger partial charge is 0.301 e. The minimum Gasteiger partial charge on any atom is -0.301 e. The van der Waals surface area contributed by atoms with Crippen LogP contribution in [0.25, 0.3) is 0 Å².